The lowest BCUT2D eigenvalue weighted by Crippen LogP contribution is -2.06. The summed E-state index contributed by atoms with van der Waals surface area (Å²) in [6, 6.07) is 10.5. The minimum absolute atomic E-state index is 0.0487. The van der Waals surface area contributed by atoms with E-state index in [-0.39, 0.29) is 9.92 Å². The molecule has 2 aromatic carbocycles. The van der Waals surface area contributed by atoms with Crippen LogP contribution in [0.15, 0.2) is 46.3 Å². The van der Waals surface area contributed by atoms with E-state index in [1.807, 2.05) is 32.9 Å². The normalized spacial score (nSPS) is 11.7. The van der Waals surface area contributed by atoms with E-state index in [4.69, 9.17) is 11.6 Å². The van der Waals surface area contributed by atoms with Crippen LogP contribution in [0.2, 0.25) is 5.02 Å². The third-order valence-electron chi connectivity index (χ3n) is 4.30. The maximum absolute atomic E-state index is 12.9. The van der Waals surface area contributed by atoms with Crippen LogP contribution in [-0.2, 0) is 9.84 Å². The standard InChI is InChI=1S/C18H18ClN3O2S/c1-11-6-8-16(9-13(11)3)25(23,24)18-14(4)22(21-20-18)15-7-5-12(2)17(19)10-15/h5-10H,1-4H3. The number of hydrogen-bond acceptors (Lipinski definition) is 4. The van der Waals surface area contributed by atoms with Crippen LogP contribution >= 0.6 is 11.6 Å². The average molecular weight is 376 g/mol. The first-order chi connectivity index (χ1) is 11.7. The van der Waals surface area contributed by atoms with Crippen LogP contribution in [0, 0.1) is 27.7 Å². The predicted molar refractivity (Wildman–Crippen MR) is 97.2 cm³/mol. The molecule has 25 heavy (non-hydrogen) atoms. The summed E-state index contributed by atoms with van der Waals surface area (Å²) in [7, 11) is -3.74. The maximum atomic E-state index is 12.9. The van der Waals surface area contributed by atoms with Crippen molar-refractivity contribution in [2.24, 2.45) is 0 Å². The summed E-state index contributed by atoms with van der Waals surface area (Å²) in [5.74, 6) is 0. The molecule has 0 amide bonds. The Kier molecular flexibility index (Phi) is 4.43. The van der Waals surface area contributed by atoms with Crippen LogP contribution in [0.5, 0.6) is 0 Å². The molecule has 0 atom stereocenters. The van der Waals surface area contributed by atoms with Gasteiger partial charge in [0.25, 0.3) is 0 Å². The second-order valence-electron chi connectivity index (χ2n) is 6.07. The summed E-state index contributed by atoms with van der Waals surface area (Å²) in [6.07, 6.45) is 0. The van der Waals surface area contributed by atoms with Crippen molar-refractivity contribution in [1.29, 1.82) is 0 Å². The lowest BCUT2D eigenvalue weighted by atomic mass is 10.1. The fourth-order valence-electron chi connectivity index (χ4n) is 2.52. The smallest absolute Gasteiger partial charge is 0.217 e. The van der Waals surface area contributed by atoms with Gasteiger partial charge in [0.1, 0.15) is 0 Å². The average Bonchev–Trinajstić information content (AvgIpc) is 2.95. The Bertz CT molecular complexity index is 1070. The fourth-order valence-corrected chi connectivity index (χ4v) is 4.11. The van der Waals surface area contributed by atoms with E-state index in [1.54, 1.807) is 31.2 Å². The highest BCUT2D eigenvalue weighted by atomic mass is 35.5. The summed E-state index contributed by atoms with van der Waals surface area (Å²) in [5.41, 5.74) is 4.00. The highest BCUT2D eigenvalue weighted by Crippen LogP contribution is 2.26. The molecule has 0 aliphatic rings. The van der Waals surface area contributed by atoms with Crippen molar-refractivity contribution in [3.63, 3.8) is 0 Å². The van der Waals surface area contributed by atoms with Gasteiger partial charge in [-0.15, -0.1) is 5.10 Å². The first kappa shape index (κ1) is 17.6. The number of nitrogens with zero attached hydrogens (tertiary/aromatic N) is 3. The molecule has 1 aromatic heterocycles. The molecular weight excluding hydrogens is 358 g/mol. The molecule has 0 spiro atoms. The molecule has 0 unspecified atom stereocenters. The molecule has 0 fully saturated rings. The number of aromatic nitrogens is 3. The Morgan fingerprint density at radius 2 is 1.60 bits per heavy atom. The summed E-state index contributed by atoms with van der Waals surface area (Å²) in [6.45, 7) is 7.40. The first-order valence-electron chi connectivity index (χ1n) is 7.73. The van der Waals surface area contributed by atoms with E-state index in [9.17, 15) is 8.42 Å². The van der Waals surface area contributed by atoms with Gasteiger partial charge in [-0.2, -0.15) is 0 Å². The molecule has 5 nitrogen and oxygen atoms in total. The number of aryl methyl sites for hydroxylation is 3. The molecule has 0 saturated carbocycles. The third kappa shape index (κ3) is 3.07. The van der Waals surface area contributed by atoms with Crippen molar-refractivity contribution >= 4 is 21.4 Å². The molecule has 1 heterocycles. The topological polar surface area (TPSA) is 64.8 Å². The van der Waals surface area contributed by atoms with Crippen LogP contribution < -0.4 is 0 Å². The monoisotopic (exact) mass is 375 g/mol. The summed E-state index contributed by atoms with van der Waals surface area (Å²) in [4.78, 5) is 0.215. The van der Waals surface area contributed by atoms with Gasteiger partial charge in [-0.25, -0.2) is 13.1 Å². The second kappa shape index (κ2) is 6.28. The van der Waals surface area contributed by atoms with Gasteiger partial charge in [0.05, 0.1) is 16.3 Å². The Morgan fingerprint density at radius 1 is 0.920 bits per heavy atom. The molecule has 3 aromatic rings. The number of hydrogen-bond donors (Lipinski definition) is 0. The molecule has 7 heteroatoms. The molecule has 130 valence electrons. The largest absolute Gasteiger partial charge is 0.227 e. The summed E-state index contributed by atoms with van der Waals surface area (Å²) < 4.78 is 27.4. The summed E-state index contributed by atoms with van der Waals surface area (Å²) in [5, 5.41) is 8.48. The van der Waals surface area contributed by atoms with Gasteiger partial charge in [-0.1, -0.05) is 28.9 Å². The SMILES string of the molecule is Cc1ccc(S(=O)(=O)c2nnn(-c3ccc(C)c(Cl)c3)c2C)cc1C. The van der Waals surface area contributed by atoms with Crippen LogP contribution in [0.25, 0.3) is 5.69 Å². The van der Waals surface area contributed by atoms with Crippen molar-refractivity contribution in [3.05, 3.63) is 63.8 Å². The zero-order valence-electron chi connectivity index (χ0n) is 14.4. The third-order valence-corrected chi connectivity index (χ3v) is 6.46. The van der Waals surface area contributed by atoms with Crippen molar-refractivity contribution in [2.75, 3.05) is 0 Å². The van der Waals surface area contributed by atoms with Crippen LogP contribution in [0.4, 0.5) is 0 Å². The number of sulfone groups is 1. The fraction of sp³-hybridized carbons (Fsp3) is 0.222. The second-order valence-corrected chi connectivity index (χ2v) is 8.35. The Morgan fingerprint density at radius 3 is 2.24 bits per heavy atom. The van der Waals surface area contributed by atoms with Gasteiger partial charge in [-0.3, -0.25) is 0 Å². The number of halogens is 1. The zero-order chi connectivity index (χ0) is 18.4. The quantitative estimate of drug-likeness (QED) is 0.694. The Balaban J connectivity index is 2.11. The van der Waals surface area contributed by atoms with Crippen LogP contribution in [0.3, 0.4) is 0 Å². The molecule has 3 rings (SSSR count). The molecule has 0 radical (unpaired) electrons. The molecule has 0 N–H and O–H groups in total. The molecule has 0 bridgehead atoms. The molecule has 0 aliphatic carbocycles. The van der Waals surface area contributed by atoms with Gasteiger partial charge in [0, 0.05) is 5.02 Å². The van der Waals surface area contributed by atoms with Gasteiger partial charge in [0.2, 0.25) is 14.9 Å². The predicted octanol–water partition coefficient (Wildman–Crippen LogP) is 3.99. The van der Waals surface area contributed by atoms with E-state index in [1.165, 1.54) is 4.68 Å². The molecule has 0 aliphatic heterocycles. The molecule has 0 saturated heterocycles. The van der Waals surface area contributed by atoms with E-state index >= 15 is 0 Å². The minimum Gasteiger partial charge on any atom is -0.217 e. The number of rotatable bonds is 3. The van der Waals surface area contributed by atoms with Gasteiger partial charge in [0.15, 0.2) is 0 Å². The van der Waals surface area contributed by atoms with Crippen molar-refractivity contribution < 1.29 is 8.42 Å². The Labute approximate surface area is 152 Å². The summed E-state index contributed by atoms with van der Waals surface area (Å²) >= 11 is 6.16. The molecular formula is C18H18ClN3O2S. The zero-order valence-corrected chi connectivity index (χ0v) is 16.0. The van der Waals surface area contributed by atoms with Crippen molar-refractivity contribution in [3.8, 4) is 5.69 Å². The highest BCUT2D eigenvalue weighted by Gasteiger charge is 2.26. The van der Waals surface area contributed by atoms with E-state index < -0.39 is 9.84 Å². The van der Waals surface area contributed by atoms with Crippen LogP contribution in [-0.4, -0.2) is 23.4 Å². The van der Waals surface area contributed by atoms with E-state index in [0.29, 0.717) is 16.4 Å². The maximum Gasteiger partial charge on any atom is 0.227 e. The van der Waals surface area contributed by atoms with Gasteiger partial charge >= 0.3 is 0 Å². The van der Waals surface area contributed by atoms with E-state index in [2.05, 4.69) is 10.3 Å². The highest BCUT2D eigenvalue weighted by molar-refractivity contribution is 7.91. The van der Waals surface area contributed by atoms with Crippen molar-refractivity contribution in [1.82, 2.24) is 15.0 Å². The number of benzene rings is 2. The van der Waals surface area contributed by atoms with Crippen LogP contribution in [0.1, 0.15) is 22.4 Å². The lowest BCUT2D eigenvalue weighted by molar-refractivity contribution is 0.591. The first-order valence-corrected chi connectivity index (χ1v) is 9.59. The Hall–Kier alpha value is -2.18. The lowest BCUT2D eigenvalue weighted by Gasteiger charge is -2.07. The van der Waals surface area contributed by atoms with E-state index in [0.717, 1.165) is 16.7 Å². The van der Waals surface area contributed by atoms with Crippen molar-refractivity contribution in [2.45, 2.75) is 37.6 Å². The van der Waals surface area contributed by atoms with Gasteiger partial charge in [-0.05, 0) is 68.7 Å². The van der Waals surface area contributed by atoms with Gasteiger partial charge < -0.3 is 0 Å². The minimum atomic E-state index is -3.74.